The second-order valence-electron chi connectivity index (χ2n) is 7.37. The molecular formula is C25H24N4O2. The molecule has 0 aliphatic carbocycles. The summed E-state index contributed by atoms with van der Waals surface area (Å²) in [4.78, 5) is 30.2. The Kier molecular flexibility index (Phi) is 6.17. The van der Waals surface area contributed by atoms with Crippen LogP contribution in [0.1, 0.15) is 36.2 Å². The zero-order chi connectivity index (χ0) is 21.6. The highest BCUT2D eigenvalue weighted by molar-refractivity contribution is 5.86. The van der Waals surface area contributed by atoms with Crippen molar-refractivity contribution in [1.29, 1.82) is 0 Å². The maximum absolute atomic E-state index is 12.9. The van der Waals surface area contributed by atoms with Gasteiger partial charge in [0.05, 0.1) is 35.8 Å². The lowest BCUT2D eigenvalue weighted by atomic mass is 9.95. The summed E-state index contributed by atoms with van der Waals surface area (Å²) in [6.45, 7) is 2.51. The molecule has 0 aliphatic heterocycles. The topological polar surface area (TPSA) is 76.9 Å². The van der Waals surface area contributed by atoms with Crippen molar-refractivity contribution < 1.29 is 4.79 Å². The van der Waals surface area contributed by atoms with Crippen molar-refractivity contribution in [3.63, 3.8) is 0 Å². The minimum absolute atomic E-state index is 0.0537. The number of aromatic nitrogens is 3. The number of hydrogen-bond donors (Lipinski definition) is 1. The van der Waals surface area contributed by atoms with Gasteiger partial charge in [0.2, 0.25) is 5.91 Å². The van der Waals surface area contributed by atoms with Gasteiger partial charge in [-0.3, -0.25) is 14.6 Å². The summed E-state index contributed by atoms with van der Waals surface area (Å²) in [6.07, 6.45) is 2.39. The van der Waals surface area contributed by atoms with Crippen molar-refractivity contribution in [1.82, 2.24) is 20.1 Å². The molecule has 4 aromatic rings. The molecule has 6 nitrogen and oxygen atoms in total. The van der Waals surface area contributed by atoms with Crippen molar-refractivity contribution in [2.24, 2.45) is 0 Å². The minimum Gasteiger partial charge on any atom is -0.350 e. The number of carbonyl (C=O) groups is 1. The molecule has 1 atom stereocenters. The zero-order valence-electron chi connectivity index (χ0n) is 17.4. The van der Waals surface area contributed by atoms with Gasteiger partial charge in [-0.15, -0.1) is 0 Å². The van der Waals surface area contributed by atoms with Gasteiger partial charge < -0.3 is 5.32 Å². The maximum Gasteiger partial charge on any atom is 0.275 e. The lowest BCUT2D eigenvalue weighted by molar-refractivity contribution is -0.122. The highest BCUT2D eigenvalue weighted by Gasteiger charge is 2.19. The van der Waals surface area contributed by atoms with E-state index in [1.54, 1.807) is 12.3 Å². The first-order valence-electron chi connectivity index (χ1n) is 10.4. The monoisotopic (exact) mass is 412 g/mol. The molecule has 0 spiro atoms. The van der Waals surface area contributed by atoms with Crippen LogP contribution in [0, 0.1) is 0 Å². The number of rotatable bonds is 7. The second-order valence-corrected chi connectivity index (χ2v) is 7.37. The zero-order valence-corrected chi connectivity index (χ0v) is 17.4. The Hall–Kier alpha value is -3.80. The lowest BCUT2D eigenvalue weighted by Crippen LogP contribution is -2.31. The molecule has 1 unspecified atom stereocenters. The summed E-state index contributed by atoms with van der Waals surface area (Å²) in [5.41, 5.74) is 2.22. The van der Waals surface area contributed by atoms with Crippen LogP contribution in [0.15, 0.2) is 83.8 Å². The molecule has 0 radical (unpaired) electrons. The summed E-state index contributed by atoms with van der Waals surface area (Å²) in [5.74, 6) is -0.283. The van der Waals surface area contributed by atoms with E-state index in [9.17, 15) is 9.59 Å². The van der Waals surface area contributed by atoms with Crippen LogP contribution in [0.25, 0.3) is 10.8 Å². The first kappa shape index (κ1) is 20.5. The van der Waals surface area contributed by atoms with Crippen LogP contribution in [0.4, 0.5) is 0 Å². The third-order valence-corrected chi connectivity index (χ3v) is 5.34. The molecule has 6 heteroatoms. The summed E-state index contributed by atoms with van der Waals surface area (Å²) in [7, 11) is 0. The third-order valence-electron chi connectivity index (χ3n) is 5.34. The Morgan fingerprint density at radius 2 is 1.68 bits per heavy atom. The van der Waals surface area contributed by atoms with Gasteiger partial charge in [0.25, 0.3) is 5.56 Å². The number of pyridine rings is 1. The Labute approximate surface area is 180 Å². The number of nitrogens with zero attached hydrogens (tertiary/aromatic N) is 3. The summed E-state index contributed by atoms with van der Waals surface area (Å²) in [5, 5.41) is 8.92. The van der Waals surface area contributed by atoms with E-state index in [0.717, 1.165) is 16.6 Å². The number of fused-ring (bicyclic) bond motifs is 1. The van der Waals surface area contributed by atoms with E-state index in [2.05, 4.69) is 15.4 Å². The van der Waals surface area contributed by atoms with Crippen molar-refractivity contribution in [2.75, 3.05) is 0 Å². The average Bonchev–Trinajstić information content (AvgIpc) is 2.82. The molecule has 1 N–H and O–H groups in total. The van der Waals surface area contributed by atoms with Crippen LogP contribution in [-0.2, 0) is 17.9 Å². The van der Waals surface area contributed by atoms with E-state index < -0.39 is 0 Å². The number of hydrogen-bond acceptors (Lipinski definition) is 4. The number of benzene rings is 2. The van der Waals surface area contributed by atoms with Gasteiger partial charge in [0, 0.05) is 11.6 Å². The molecule has 2 aromatic carbocycles. The molecule has 0 aliphatic rings. The van der Waals surface area contributed by atoms with Gasteiger partial charge in [-0.25, -0.2) is 4.68 Å². The predicted molar refractivity (Wildman–Crippen MR) is 121 cm³/mol. The smallest absolute Gasteiger partial charge is 0.275 e. The summed E-state index contributed by atoms with van der Waals surface area (Å²) < 4.78 is 1.42. The van der Waals surface area contributed by atoms with Crippen LogP contribution in [0.5, 0.6) is 0 Å². The molecule has 4 rings (SSSR count). The summed E-state index contributed by atoms with van der Waals surface area (Å²) >= 11 is 0. The Bertz CT molecular complexity index is 1240. The van der Waals surface area contributed by atoms with E-state index in [1.807, 2.05) is 73.7 Å². The van der Waals surface area contributed by atoms with Gasteiger partial charge in [-0.2, -0.15) is 5.10 Å². The van der Waals surface area contributed by atoms with Crippen molar-refractivity contribution in [3.05, 3.63) is 106 Å². The maximum atomic E-state index is 12.9. The number of amides is 1. The first-order chi connectivity index (χ1) is 15.2. The SMILES string of the molecule is CCC(C(=O)NCc1nn(Cc2ccccn2)c(=O)c2ccccc12)c1ccccc1. The van der Waals surface area contributed by atoms with Crippen LogP contribution >= 0.6 is 0 Å². The molecule has 0 saturated heterocycles. The molecule has 1 amide bonds. The number of nitrogens with one attached hydrogen (secondary N) is 1. The molecule has 156 valence electrons. The van der Waals surface area contributed by atoms with Gasteiger partial charge in [0.15, 0.2) is 0 Å². The Morgan fingerprint density at radius 1 is 0.968 bits per heavy atom. The highest BCUT2D eigenvalue weighted by Crippen LogP contribution is 2.20. The molecular weight excluding hydrogens is 388 g/mol. The second kappa shape index (κ2) is 9.34. The highest BCUT2D eigenvalue weighted by atomic mass is 16.2. The van der Waals surface area contributed by atoms with E-state index in [-0.39, 0.29) is 30.5 Å². The third kappa shape index (κ3) is 4.53. The van der Waals surface area contributed by atoms with Gasteiger partial charge in [-0.05, 0) is 30.2 Å². The molecule has 2 aromatic heterocycles. The standard InChI is InChI=1S/C25H24N4O2/c1-2-20(18-10-4-3-5-11-18)24(30)27-16-23-21-13-6-7-14-22(21)25(31)29(28-23)17-19-12-8-9-15-26-19/h3-15,20H,2,16-17H2,1H3,(H,27,30). The lowest BCUT2D eigenvalue weighted by Gasteiger charge is -2.16. The van der Waals surface area contributed by atoms with E-state index in [0.29, 0.717) is 17.5 Å². The molecule has 0 bridgehead atoms. The van der Waals surface area contributed by atoms with Gasteiger partial charge in [-0.1, -0.05) is 61.5 Å². The van der Waals surface area contributed by atoms with Crippen molar-refractivity contribution >= 4 is 16.7 Å². The number of carbonyl (C=O) groups excluding carboxylic acids is 1. The van der Waals surface area contributed by atoms with Crippen molar-refractivity contribution in [3.8, 4) is 0 Å². The Morgan fingerprint density at radius 3 is 2.39 bits per heavy atom. The molecule has 0 fully saturated rings. The van der Waals surface area contributed by atoms with E-state index >= 15 is 0 Å². The molecule has 2 heterocycles. The normalized spacial score (nSPS) is 11.9. The first-order valence-corrected chi connectivity index (χ1v) is 10.4. The predicted octanol–water partition coefficient (Wildman–Crippen LogP) is 3.65. The molecule has 0 saturated carbocycles. The molecule has 31 heavy (non-hydrogen) atoms. The van der Waals surface area contributed by atoms with Crippen LogP contribution < -0.4 is 10.9 Å². The van der Waals surface area contributed by atoms with Crippen LogP contribution in [-0.4, -0.2) is 20.7 Å². The minimum atomic E-state index is -0.230. The van der Waals surface area contributed by atoms with Gasteiger partial charge >= 0.3 is 0 Å². The quantitative estimate of drug-likeness (QED) is 0.503. The van der Waals surface area contributed by atoms with E-state index in [4.69, 9.17) is 0 Å². The Balaban J connectivity index is 1.63. The fraction of sp³-hybridized carbons (Fsp3) is 0.200. The van der Waals surface area contributed by atoms with E-state index in [1.165, 1.54) is 4.68 Å². The van der Waals surface area contributed by atoms with Crippen LogP contribution in [0.3, 0.4) is 0 Å². The fourth-order valence-corrected chi connectivity index (χ4v) is 3.74. The fourth-order valence-electron chi connectivity index (χ4n) is 3.74. The largest absolute Gasteiger partial charge is 0.350 e. The summed E-state index contributed by atoms with van der Waals surface area (Å²) in [6, 6.07) is 22.7. The van der Waals surface area contributed by atoms with Gasteiger partial charge in [0.1, 0.15) is 0 Å². The van der Waals surface area contributed by atoms with Crippen molar-refractivity contribution in [2.45, 2.75) is 32.4 Å². The average molecular weight is 412 g/mol. The van der Waals surface area contributed by atoms with Crippen LogP contribution in [0.2, 0.25) is 0 Å².